The fourth-order valence-corrected chi connectivity index (χ4v) is 2.33. The van der Waals surface area contributed by atoms with Crippen molar-refractivity contribution in [3.8, 4) is 5.75 Å². The molecule has 0 atom stereocenters. The molecule has 0 saturated heterocycles. The van der Waals surface area contributed by atoms with Crippen LogP contribution in [0.4, 0.5) is 5.69 Å². The number of halogens is 1. The summed E-state index contributed by atoms with van der Waals surface area (Å²) in [6.45, 7) is 2.11. The second kappa shape index (κ2) is 6.59. The quantitative estimate of drug-likeness (QED) is 0.451. The van der Waals surface area contributed by atoms with Crippen LogP contribution in [0.15, 0.2) is 16.6 Å². The average molecular weight is 302 g/mol. The highest BCUT2D eigenvalue weighted by Gasteiger charge is 2.19. The van der Waals surface area contributed by atoms with Gasteiger partial charge in [0, 0.05) is 11.6 Å². The van der Waals surface area contributed by atoms with Crippen molar-refractivity contribution in [1.29, 1.82) is 0 Å². The fraction of sp³-hybridized carbons (Fsp3) is 0.500. The Hall–Kier alpha value is -1.10. The van der Waals surface area contributed by atoms with Crippen LogP contribution in [0.25, 0.3) is 0 Å². The van der Waals surface area contributed by atoms with E-state index in [4.69, 9.17) is 4.74 Å². The number of rotatable bonds is 6. The summed E-state index contributed by atoms with van der Waals surface area (Å²) in [6, 6.07) is 3.38. The summed E-state index contributed by atoms with van der Waals surface area (Å²) in [6.07, 6.45) is 3.84. The Morgan fingerprint density at radius 1 is 1.41 bits per heavy atom. The van der Waals surface area contributed by atoms with Gasteiger partial charge in [-0.3, -0.25) is 10.1 Å². The SMILES string of the molecule is CCCCCc1cc(OC)cc(Br)c1[N+](=O)[O-]. The van der Waals surface area contributed by atoms with E-state index in [0.717, 1.165) is 24.8 Å². The predicted molar refractivity (Wildman–Crippen MR) is 70.6 cm³/mol. The third-order valence-electron chi connectivity index (χ3n) is 2.58. The lowest BCUT2D eigenvalue weighted by atomic mass is 10.1. The lowest BCUT2D eigenvalue weighted by Gasteiger charge is -2.07. The molecule has 5 heteroatoms. The van der Waals surface area contributed by atoms with Crippen LogP contribution in [0.1, 0.15) is 31.7 Å². The molecule has 0 aliphatic heterocycles. The van der Waals surface area contributed by atoms with Gasteiger partial charge in [0.05, 0.1) is 16.5 Å². The summed E-state index contributed by atoms with van der Waals surface area (Å²) in [5, 5.41) is 11.0. The van der Waals surface area contributed by atoms with Gasteiger partial charge in [-0.05, 0) is 34.8 Å². The summed E-state index contributed by atoms with van der Waals surface area (Å²) in [7, 11) is 1.56. The van der Waals surface area contributed by atoms with E-state index >= 15 is 0 Å². The topological polar surface area (TPSA) is 52.4 Å². The third-order valence-corrected chi connectivity index (χ3v) is 3.19. The van der Waals surface area contributed by atoms with E-state index in [9.17, 15) is 10.1 Å². The summed E-state index contributed by atoms with van der Waals surface area (Å²) >= 11 is 3.23. The number of benzene rings is 1. The molecule has 0 bridgehead atoms. The smallest absolute Gasteiger partial charge is 0.286 e. The van der Waals surface area contributed by atoms with Gasteiger partial charge in [0.25, 0.3) is 5.69 Å². The maximum atomic E-state index is 11.0. The molecule has 0 fully saturated rings. The van der Waals surface area contributed by atoms with E-state index in [1.807, 2.05) is 0 Å². The maximum absolute atomic E-state index is 11.0. The Labute approximate surface area is 109 Å². The molecule has 0 unspecified atom stereocenters. The van der Waals surface area contributed by atoms with E-state index in [-0.39, 0.29) is 10.6 Å². The van der Waals surface area contributed by atoms with Crippen LogP contribution in [0.3, 0.4) is 0 Å². The van der Waals surface area contributed by atoms with Crippen LogP contribution in [0.2, 0.25) is 0 Å². The molecule has 0 heterocycles. The molecule has 0 radical (unpaired) electrons. The molecule has 1 rings (SSSR count). The molecule has 0 amide bonds. The predicted octanol–water partition coefficient (Wildman–Crippen LogP) is 4.10. The van der Waals surface area contributed by atoms with Crippen LogP contribution in [0.5, 0.6) is 5.75 Å². The monoisotopic (exact) mass is 301 g/mol. The second-order valence-electron chi connectivity index (χ2n) is 3.83. The van der Waals surface area contributed by atoms with E-state index in [2.05, 4.69) is 22.9 Å². The molecule has 4 nitrogen and oxygen atoms in total. The van der Waals surface area contributed by atoms with E-state index in [1.165, 1.54) is 0 Å². The van der Waals surface area contributed by atoms with Gasteiger partial charge in [-0.15, -0.1) is 0 Å². The Kier molecular flexibility index (Phi) is 5.41. The Morgan fingerprint density at radius 3 is 2.65 bits per heavy atom. The molecule has 0 N–H and O–H groups in total. The molecule has 0 saturated carbocycles. The number of nitro benzene ring substituents is 1. The highest BCUT2D eigenvalue weighted by molar-refractivity contribution is 9.10. The molecule has 94 valence electrons. The summed E-state index contributed by atoms with van der Waals surface area (Å²) in [4.78, 5) is 10.7. The highest BCUT2D eigenvalue weighted by Crippen LogP contribution is 2.34. The highest BCUT2D eigenvalue weighted by atomic mass is 79.9. The zero-order chi connectivity index (χ0) is 12.8. The lowest BCUT2D eigenvalue weighted by Crippen LogP contribution is -1.98. The van der Waals surface area contributed by atoms with E-state index in [0.29, 0.717) is 16.6 Å². The number of hydrogen-bond acceptors (Lipinski definition) is 3. The average Bonchev–Trinajstić information content (AvgIpc) is 2.28. The fourth-order valence-electron chi connectivity index (χ4n) is 1.71. The first kappa shape index (κ1) is 14.0. The van der Waals surface area contributed by atoms with Crippen molar-refractivity contribution in [2.75, 3.05) is 7.11 Å². The van der Waals surface area contributed by atoms with Crippen LogP contribution in [-0.2, 0) is 6.42 Å². The van der Waals surface area contributed by atoms with Crippen LogP contribution < -0.4 is 4.74 Å². The number of unbranched alkanes of at least 4 members (excludes halogenated alkanes) is 2. The minimum atomic E-state index is -0.342. The van der Waals surface area contributed by atoms with Crippen molar-refractivity contribution < 1.29 is 9.66 Å². The van der Waals surface area contributed by atoms with E-state index < -0.39 is 0 Å². The molecule has 0 aliphatic rings. The van der Waals surface area contributed by atoms with Crippen molar-refractivity contribution in [2.45, 2.75) is 32.6 Å². The van der Waals surface area contributed by atoms with E-state index in [1.54, 1.807) is 19.2 Å². The van der Waals surface area contributed by atoms with Gasteiger partial charge in [-0.2, -0.15) is 0 Å². The number of nitro groups is 1. The van der Waals surface area contributed by atoms with Crippen molar-refractivity contribution >= 4 is 21.6 Å². The molecule has 17 heavy (non-hydrogen) atoms. The largest absolute Gasteiger partial charge is 0.497 e. The minimum Gasteiger partial charge on any atom is -0.497 e. The van der Waals surface area contributed by atoms with Gasteiger partial charge in [-0.1, -0.05) is 19.8 Å². The summed E-state index contributed by atoms with van der Waals surface area (Å²) in [5.41, 5.74) is 0.886. The van der Waals surface area contributed by atoms with Gasteiger partial charge in [0.2, 0.25) is 0 Å². The first-order chi connectivity index (χ1) is 8.10. The van der Waals surface area contributed by atoms with Crippen molar-refractivity contribution in [3.63, 3.8) is 0 Å². The van der Waals surface area contributed by atoms with Crippen LogP contribution >= 0.6 is 15.9 Å². The standard InChI is InChI=1S/C12H16BrNO3/c1-3-4-5-6-9-7-10(17-2)8-11(13)12(9)14(15)16/h7-8H,3-6H2,1-2H3. The van der Waals surface area contributed by atoms with Gasteiger partial charge < -0.3 is 4.74 Å². The first-order valence-corrected chi connectivity index (χ1v) is 6.40. The second-order valence-corrected chi connectivity index (χ2v) is 4.69. The molecule has 0 aliphatic carbocycles. The number of nitrogens with zero attached hydrogens (tertiary/aromatic N) is 1. The molecule has 0 spiro atoms. The van der Waals surface area contributed by atoms with Gasteiger partial charge >= 0.3 is 0 Å². The van der Waals surface area contributed by atoms with Crippen LogP contribution in [-0.4, -0.2) is 12.0 Å². The zero-order valence-electron chi connectivity index (χ0n) is 10.0. The molecule has 0 aromatic heterocycles. The normalized spacial score (nSPS) is 10.3. The Bertz CT molecular complexity index is 407. The van der Waals surface area contributed by atoms with Crippen molar-refractivity contribution in [1.82, 2.24) is 0 Å². The van der Waals surface area contributed by atoms with Gasteiger partial charge in [-0.25, -0.2) is 0 Å². The van der Waals surface area contributed by atoms with Gasteiger partial charge in [0.1, 0.15) is 5.75 Å². The number of ether oxygens (including phenoxy) is 1. The number of aryl methyl sites for hydroxylation is 1. The van der Waals surface area contributed by atoms with Crippen molar-refractivity contribution in [3.05, 3.63) is 32.3 Å². The maximum Gasteiger partial charge on any atom is 0.286 e. The molecule has 1 aromatic carbocycles. The number of methoxy groups -OCH3 is 1. The third kappa shape index (κ3) is 3.70. The van der Waals surface area contributed by atoms with Crippen molar-refractivity contribution in [2.24, 2.45) is 0 Å². The Morgan fingerprint density at radius 2 is 2.12 bits per heavy atom. The molecular weight excluding hydrogens is 286 g/mol. The molecular formula is C12H16BrNO3. The number of hydrogen-bond donors (Lipinski definition) is 0. The molecule has 1 aromatic rings. The zero-order valence-corrected chi connectivity index (χ0v) is 11.6. The van der Waals surface area contributed by atoms with Crippen LogP contribution in [0, 0.1) is 10.1 Å². The Balaban J connectivity index is 3.04. The first-order valence-electron chi connectivity index (χ1n) is 5.61. The van der Waals surface area contributed by atoms with Gasteiger partial charge in [0.15, 0.2) is 0 Å². The lowest BCUT2D eigenvalue weighted by molar-refractivity contribution is -0.386. The summed E-state index contributed by atoms with van der Waals surface area (Å²) < 4.78 is 5.60. The minimum absolute atomic E-state index is 0.155. The summed E-state index contributed by atoms with van der Waals surface area (Å²) in [5.74, 6) is 0.647.